The van der Waals surface area contributed by atoms with E-state index in [1.165, 1.54) is 12.8 Å². The van der Waals surface area contributed by atoms with Crippen molar-refractivity contribution >= 4 is 5.91 Å². The lowest BCUT2D eigenvalue weighted by atomic mass is 9.97. The Labute approximate surface area is 157 Å². The molecule has 0 unspecified atom stereocenters. The van der Waals surface area contributed by atoms with E-state index in [0.717, 1.165) is 56.9 Å². The average Bonchev–Trinajstić information content (AvgIpc) is 2.69. The molecule has 5 nitrogen and oxygen atoms in total. The Hall–Kier alpha value is -1.59. The Bertz CT molecular complexity index is 509. The summed E-state index contributed by atoms with van der Waals surface area (Å²) in [4.78, 5) is 14.6. The molecule has 0 atom stereocenters. The number of hydrogen-bond donors (Lipinski definition) is 0. The first-order chi connectivity index (χ1) is 12.7. The predicted molar refractivity (Wildman–Crippen MR) is 103 cm³/mol. The Morgan fingerprint density at radius 1 is 1.08 bits per heavy atom. The Balaban J connectivity index is 1.72. The summed E-state index contributed by atoms with van der Waals surface area (Å²) in [6.07, 6.45) is 5.44. The molecule has 2 rings (SSSR count). The zero-order chi connectivity index (χ0) is 18.6. The van der Waals surface area contributed by atoms with E-state index in [0.29, 0.717) is 19.1 Å². The minimum atomic E-state index is 0.112. The van der Waals surface area contributed by atoms with Crippen LogP contribution in [0, 0.1) is 5.92 Å². The second-order valence-electron chi connectivity index (χ2n) is 6.88. The third-order valence-corrected chi connectivity index (χ3v) is 4.80. The highest BCUT2D eigenvalue weighted by Gasteiger charge is 2.23. The van der Waals surface area contributed by atoms with Gasteiger partial charge in [0.2, 0.25) is 0 Å². The maximum absolute atomic E-state index is 12.7. The molecule has 0 radical (unpaired) electrons. The largest absolute Gasteiger partial charge is 0.494 e. The number of hydrogen-bond acceptors (Lipinski definition) is 4. The molecule has 0 aliphatic carbocycles. The number of nitrogens with zero attached hydrogens (tertiary/aromatic N) is 1. The molecule has 26 heavy (non-hydrogen) atoms. The number of rotatable bonds is 11. The highest BCUT2D eigenvalue weighted by molar-refractivity contribution is 5.94. The van der Waals surface area contributed by atoms with Crippen LogP contribution in [0.2, 0.25) is 0 Å². The van der Waals surface area contributed by atoms with Crippen LogP contribution in [0.5, 0.6) is 5.75 Å². The number of ether oxygens (including phenoxy) is 3. The van der Waals surface area contributed by atoms with Crippen molar-refractivity contribution in [1.29, 1.82) is 0 Å². The van der Waals surface area contributed by atoms with Crippen molar-refractivity contribution < 1.29 is 19.0 Å². The van der Waals surface area contributed by atoms with E-state index in [4.69, 9.17) is 14.2 Å². The monoisotopic (exact) mass is 363 g/mol. The summed E-state index contributed by atoms with van der Waals surface area (Å²) >= 11 is 0. The highest BCUT2D eigenvalue weighted by Crippen LogP contribution is 2.20. The van der Waals surface area contributed by atoms with Gasteiger partial charge in [-0.2, -0.15) is 0 Å². The van der Waals surface area contributed by atoms with Crippen LogP contribution in [0.25, 0.3) is 0 Å². The van der Waals surface area contributed by atoms with Crippen molar-refractivity contribution in [3.05, 3.63) is 29.8 Å². The smallest absolute Gasteiger partial charge is 0.253 e. The molecule has 146 valence electrons. The van der Waals surface area contributed by atoms with E-state index in [9.17, 15) is 4.79 Å². The quantitative estimate of drug-likeness (QED) is 0.562. The molecule has 1 fully saturated rings. The van der Waals surface area contributed by atoms with E-state index in [1.54, 1.807) is 7.11 Å². The van der Waals surface area contributed by atoms with E-state index in [-0.39, 0.29) is 5.91 Å². The van der Waals surface area contributed by atoms with Crippen LogP contribution in [-0.4, -0.2) is 57.4 Å². The minimum Gasteiger partial charge on any atom is -0.494 e. The third-order valence-electron chi connectivity index (χ3n) is 4.80. The average molecular weight is 363 g/mol. The number of methoxy groups -OCH3 is 1. The first-order valence-electron chi connectivity index (χ1n) is 9.83. The van der Waals surface area contributed by atoms with Crippen LogP contribution in [0.4, 0.5) is 0 Å². The molecule has 0 N–H and O–H groups in total. The van der Waals surface area contributed by atoms with Gasteiger partial charge in [-0.1, -0.05) is 19.8 Å². The van der Waals surface area contributed by atoms with Crippen LogP contribution in [0.3, 0.4) is 0 Å². The Morgan fingerprint density at radius 3 is 2.46 bits per heavy atom. The van der Waals surface area contributed by atoms with Gasteiger partial charge in [-0.3, -0.25) is 4.79 Å². The number of carbonyl (C=O) groups excluding carboxylic acids is 1. The summed E-state index contributed by atoms with van der Waals surface area (Å²) in [5, 5.41) is 0. The molecule has 0 spiro atoms. The van der Waals surface area contributed by atoms with E-state index in [2.05, 4.69) is 6.92 Å². The molecular weight excluding hydrogens is 330 g/mol. The first-order valence-corrected chi connectivity index (χ1v) is 9.83. The molecule has 1 saturated heterocycles. The lowest BCUT2D eigenvalue weighted by molar-refractivity contribution is 0.0327. The van der Waals surface area contributed by atoms with Gasteiger partial charge in [0.25, 0.3) is 5.91 Å². The number of benzene rings is 1. The van der Waals surface area contributed by atoms with Crippen molar-refractivity contribution in [2.45, 2.75) is 39.0 Å². The molecular formula is C21H33NO4. The van der Waals surface area contributed by atoms with Crippen LogP contribution in [0.1, 0.15) is 49.4 Å². The number of unbranched alkanes of at least 4 members (excludes halogenated alkanes) is 2. The standard InChI is InChI=1S/C21H33NO4/c1-3-4-5-14-26-20-8-6-19(7-9-20)21(23)22-12-10-18(11-13-22)17-25-16-15-24-2/h6-9,18H,3-5,10-17H2,1-2H3. The van der Waals surface area contributed by atoms with Gasteiger partial charge in [-0.25, -0.2) is 0 Å². The Kier molecular flexibility index (Phi) is 9.50. The summed E-state index contributed by atoms with van der Waals surface area (Å²) in [7, 11) is 1.68. The summed E-state index contributed by atoms with van der Waals surface area (Å²) in [5.41, 5.74) is 0.737. The molecule has 1 aromatic carbocycles. The number of carbonyl (C=O) groups is 1. The van der Waals surface area contributed by atoms with Crippen molar-refractivity contribution in [2.24, 2.45) is 5.92 Å². The number of amides is 1. The minimum absolute atomic E-state index is 0.112. The number of piperidine rings is 1. The van der Waals surface area contributed by atoms with Gasteiger partial charge in [0, 0.05) is 32.4 Å². The SMILES string of the molecule is CCCCCOc1ccc(C(=O)N2CCC(COCCOC)CC2)cc1. The maximum Gasteiger partial charge on any atom is 0.253 e. The summed E-state index contributed by atoms with van der Waals surface area (Å²) < 4.78 is 16.3. The van der Waals surface area contributed by atoms with Gasteiger partial charge in [0.05, 0.1) is 19.8 Å². The lowest BCUT2D eigenvalue weighted by Gasteiger charge is -2.32. The molecule has 0 saturated carbocycles. The van der Waals surface area contributed by atoms with E-state index in [1.807, 2.05) is 29.2 Å². The van der Waals surface area contributed by atoms with Crippen molar-refractivity contribution in [2.75, 3.05) is 46.6 Å². The van der Waals surface area contributed by atoms with Crippen LogP contribution in [0.15, 0.2) is 24.3 Å². The summed E-state index contributed by atoms with van der Waals surface area (Å²) in [6, 6.07) is 7.54. The molecule has 1 aromatic rings. The molecule has 0 bridgehead atoms. The van der Waals surface area contributed by atoms with Crippen LogP contribution >= 0.6 is 0 Å². The zero-order valence-electron chi connectivity index (χ0n) is 16.2. The lowest BCUT2D eigenvalue weighted by Crippen LogP contribution is -2.39. The van der Waals surface area contributed by atoms with Gasteiger partial charge in [0.15, 0.2) is 0 Å². The van der Waals surface area contributed by atoms with Crippen LogP contribution in [-0.2, 0) is 9.47 Å². The van der Waals surface area contributed by atoms with E-state index < -0.39 is 0 Å². The van der Waals surface area contributed by atoms with Crippen LogP contribution < -0.4 is 4.74 Å². The fraction of sp³-hybridized carbons (Fsp3) is 0.667. The Morgan fingerprint density at radius 2 is 1.81 bits per heavy atom. The predicted octanol–water partition coefficient (Wildman–Crippen LogP) is 3.77. The van der Waals surface area contributed by atoms with Crippen molar-refractivity contribution in [3.63, 3.8) is 0 Å². The van der Waals surface area contributed by atoms with Gasteiger partial charge in [-0.05, 0) is 49.4 Å². The second-order valence-corrected chi connectivity index (χ2v) is 6.88. The molecule has 1 aliphatic heterocycles. The summed E-state index contributed by atoms with van der Waals surface area (Å²) in [5.74, 6) is 1.49. The normalized spacial score (nSPS) is 15.2. The fourth-order valence-electron chi connectivity index (χ4n) is 3.11. The van der Waals surface area contributed by atoms with Gasteiger partial charge >= 0.3 is 0 Å². The molecule has 0 aromatic heterocycles. The van der Waals surface area contributed by atoms with Gasteiger partial charge < -0.3 is 19.1 Å². The molecule has 1 heterocycles. The van der Waals surface area contributed by atoms with Gasteiger partial charge in [0.1, 0.15) is 5.75 Å². The first kappa shape index (κ1) is 20.7. The van der Waals surface area contributed by atoms with Crippen molar-refractivity contribution in [1.82, 2.24) is 4.90 Å². The summed E-state index contributed by atoms with van der Waals surface area (Å²) in [6.45, 7) is 6.55. The molecule has 1 aliphatic rings. The van der Waals surface area contributed by atoms with Gasteiger partial charge in [-0.15, -0.1) is 0 Å². The maximum atomic E-state index is 12.7. The topological polar surface area (TPSA) is 48.0 Å². The fourth-order valence-corrected chi connectivity index (χ4v) is 3.11. The third kappa shape index (κ3) is 6.96. The molecule has 1 amide bonds. The zero-order valence-corrected chi connectivity index (χ0v) is 16.2. The van der Waals surface area contributed by atoms with Crippen molar-refractivity contribution in [3.8, 4) is 5.75 Å². The molecule has 5 heteroatoms. The highest BCUT2D eigenvalue weighted by atomic mass is 16.5. The second kappa shape index (κ2) is 11.9. The number of likely N-dealkylation sites (tertiary alicyclic amines) is 1. The van der Waals surface area contributed by atoms with E-state index >= 15 is 0 Å².